The SMILES string of the molecule is O=C1C[C@H]2C[C@@H](CO)[C@H](O)[C@H]2O1. The first-order valence-corrected chi connectivity index (χ1v) is 4.20. The van der Waals surface area contributed by atoms with Crippen LogP contribution in [-0.2, 0) is 9.53 Å². The van der Waals surface area contributed by atoms with Gasteiger partial charge in [-0.15, -0.1) is 0 Å². The standard InChI is InChI=1S/C8H12O4/c9-3-5-1-4-2-6(10)12-8(4)7(5)11/h4-5,7-9,11H,1-3H2/t4-,5+,7+,8+/m1/s1. The lowest BCUT2D eigenvalue weighted by atomic mass is 10.0. The molecule has 0 radical (unpaired) electrons. The first-order valence-electron chi connectivity index (χ1n) is 4.20. The lowest BCUT2D eigenvalue weighted by molar-refractivity contribution is -0.146. The topological polar surface area (TPSA) is 66.8 Å². The highest BCUT2D eigenvalue weighted by Crippen LogP contribution is 2.39. The molecule has 0 spiro atoms. The Balaban J connectivity index is 2.08. The summed E-state index contributed by atoms with van der Waals surface area (Å²) in [6, 6.07) is 0. The molecule has 1 saturated carbocycles. The van der Waals surface area contributed by atoms with E-state index in [4.69, 9.17) is 9.84 Å². The monoisotopic (exact) mass is 172 g/mol. The summed E-state index contributed by atoms with van der Waals surface area (Å²) in [5, 5.41) is 18.4. The molecular formula is C8H12O4. The number of fused-ring (bicyclic) bond motifs is 1. The Kier molecular flexibility index (Phi) is 1.81. The Morgan fingerprint density at radius 1 is 1.58 bits per heavy atom. The minimum absolute atomic E-state index is 0.0221. The van der Waals surface area contributed by atoms with Crippen LogP contribution in [0, 0.1) is 11.8 Å². The molecule has 0 amide bonds. The maximum Gasteiger partial charge on any atom is 0.306 e. The Morgan fingerprint density at radius 3 is 2.92 bits per heavy atom. The van der Waals surface area contributed by atoms with Crippen LogP contribution in [0.15, 0.2) is 0 Å². The number of hydrogen-bond donors (Lipinski definition) is 2. The fraction of sp³-hybridized carbons (Fsp3) is 0.875. The van der Waals surface area contributed by atoms with E-state index in [0.29, 0.717) is 12.8 Å². The van der Waals surface area contributed by atoms with E-state index in [9.17, 15) is 9.90 Å². The summed E-state index contributed by atoms with van der Waals surface area (Å²) in [5.41, 5.74) is 0. The van der Waals surface area contributed by atoms with E-state index in [1.165, 1.54) is 0 Å². The molecule has 0 unspecified atom stereocenters. The average molecular weight is 172 g/mol. The number of aliphatic hydroxyl groups excluding tert-OH is 2. The second-order valence-electron chi connectivity index (χ2n) is 3.59. The van der Waals surface area contributed by atoms with Crippen molar-refractivity contribution in [3.05, 3.63) is 0 Å². The Hall–Kier alpha value is -0.610. The molecule has 1 aliphatic heterocycles. The third-order valence-electron chi connectivity index (χ3n) is 2.82. The number of carbonyl (C=O) groups is 1. The quantitative estimate of drug-likeness (QED) is 0.513. The lowest BCUT2D eigenvalue weighted by Crippen LogP contribution is -2.29. The van der Waals surface area contributed by atoms with Gasteiger partial charge in [0, 0.05) is 18.4 Å². The van der Waals surface area contributed by atoms with Crippen LogP contribution < -0.4 is 0 Å². The van der Waals surface area contributed by atoms with Crippen LogP contribution in [0.5, 0.6) is 0 Å². The van der Waals surface area contributed by atoms with Crippen molar-refractivity contribution in [2.24, 2.45) is 11.8 Å². The van der Waals surface area contributed by atoms with Crippen LogP contribution in [0.1, 0.15) is 12.8 Å². The third-order valence-corrected chi connectivity index (χ3v) is 2.82. The minimum atomic E-state index is -0.661. The van der Waals surface area contributed by atoms with E-state index in [-0.39, 0.29) is 30.5 Å². The van der Waals surface area contributed by atoms with E-state index in [1.807, 2.05) is 0 Å². The normalized spacial score (nSPS) is 46.0. The van der Waals surface area contributed by atoms with Gasteiger partial charge in [-0.3, -0.25) is 4.79 Å². The summed E-state index contributed by atoms with van der Waals surface area (Å²) in [7, 11) is 0. The summed E-state index contributed by atoms with van der Waals surface area (Å²) in [4.78, 5) is 10.8. The molecule has 0 aromatic rings. The molecule has 1 aliphatic carbocycles. The molecule has 0 aromatic carbocycles. The lowest BCUT2D eigenvalue weighted by Gasteiger charge is -2.15. The van der Waals surface area contributed by atoms with Gasteiger partial charge in [0.05, 0.1) is 12.5 Å². The summed E-state index contributed by atoms with van der Waals surface area (Å²) in [6.07, 6.45) is 0.0906. The van der Waals surface area contributed by atoms with E-state index in [1.54, 1.807) is 0 Å². The molecule has 4 heteroatoms. The predicted molar refractivity (Wildman–Crippen MR) is 39.2 cm³/mol. The second kappa shape index (κ2) is 2.71. The van der Waals surface area contributed by atoms with Gasteiger partial charge in [-0.05, 0) is 6.42 Å². The molecule has 0 aromatic heterocycles. The van der Waals surface area contributed by atoms with Gasteiger partial charge in [-0.2, -0.15) is 0 Å². The largest absolute Gasteiger partial charge is 0.459 e. The maximum absolute atomic E-state index is 10.8. The van der Waals surface area contributed by atoms with Gasteiger partial charge >= 0.3 is 5.97 Å². The van der Waals surface area contributed by atoms with Gasteiger partial charge in [0.25, 0.3) is 0 Å². The first kappa shape index (κ1) is 8.01. The molecule has 2 fully saturated rings. The molecule has 12 heavy (non-hydrogen) atoms. The highest BCUT2D eigenvalue weighted by Gasteiger charge is 2.49. The molecule has 0 bridgehead atoms. The van der Waals surface area contributed by atoms with Gasteiger partial charge in [0.2, 0.25) is 0 Å². The van der Waals surface area contributed by atoms with Crippen LogP contribution in [-0.4, -0.2) is 35.0 Å². The van der Waals surface area contributed by atoms with Gasteiger partial charge in [-0.1, -0.05) is 0 Å². The van der Waals surface area contributed by atoms with Crippen molar-refractivity contribution in [2.75, 3.05) is 6.61 Å². The fourth-order valence-corrected chi connectivity index (χ4v) is 2.17. The van der Waals surface area contributed by atoms with Crippen LogP contribution in [0.3, 0.4) is 0 Å². The Morgan fingerprint density at radius 2 is 2.33 bits per heavy atom. The van der Waals surface area contributed by atoms with Crippen molar-refractivity contribution in [1.82, 2.24) is 0 Å². The first-order chi connectivity index (χ1) is 5.72. The number of rotatable bonds is 1. The van der Waals surface area contributed by atoms with Crippen LogP contribution in [0.25, 0.3) is 0 Å². The van der Waals surface area contributed by atoms with Crippen LogP contribution in [0.2, 0.25) is 0 Å². The van der Waals surface area contributed by atoms with Crippen molar-refractivity contribution >= 4 is 5.97 Å². The van der Waals surface area contributed by atoms with Gasteiger partial charge in [-0.25, -0.2) is 0 Å². The summed E-state index contributed by atoms with van der Waals surface area (Å²) in [5.74, 6) is -0.196. The zero-order valence-electron chi connectivity index (χ0n) is 6.64. The number of hydrogen-bond acceptors (Lipinski definition) is 4. The molecule has 68 valence electrons. The van der Waals surface area contributed by atoms with Crippen molar-refractivity contribution in [3.63, 3.8) is 0 Å². The molecular weight excluding hydrogens is 160 g/mol. The zero-order chi connectivity index (χ0) is 8.72. The molecule has 4 atom stereocenters. The van der Waals surface area contributed by atoms with Crippen molar-refractivity contribution in [2.45, 2.75) is 25.0 Å². The highest BCUT2D eigenvalue weighted by atomic mass is 16.6. The predicted octanol–water partition coefficient (Wildman–Crippen LogP) is -0.709. The molecule has 2 rings (SSSR count). The smallest absolute Gasteiger partial charge is 0.306 e. The third kappa shape index (κ3) is 1.03. The van der Waals surface area contributed by atoms with E-state index in [2.05, 4.69) is 0 Å². The summed E-state index contributed by atoms with van der Waals surface area (Å²) < 4.78 is 4.93. The maximum atomic E-state index is 10.8. The van der Waals surface area contributed by atoms with Crippen molar-refractivity contribution < 1.29 is 19.7 Å². The molecule has 4 nitrogen and oxygen atoms in total. The number of esters is 1. The molecule has 1 saturated heterocycles. The van der Waals surface area contributed by atoms with Crippen LogP contribution >= 0.6 is 0 Å². The summed E-state index contributed by atoms with van der Waals surface area (Å²) >= 11 is 0. The molecule has 1 heterocycles. The minimum Gasteiger partial charge on any atom is -0.459 e. The fourth-order valence-electron chi connectivity index (χ4n) is 2.17. The number of carbonyl (C=O) groups excluding carboxylic acids is 1. The van der Waals surface area contributed by atoms with Gasteiger partial charge in [0.1, 0.15) is 6.10 Å². The Bertz CT molecular complexity index is 203. The van der Waals surface area contributed by atoms with E-state index in [0.717, 1.165) is 0 Å². The van der Waals surface area contributed by atoms with Crippen molar-refractivity contribution in [1.29, 1.82) is 0 Å². The van der Waals surface area contributed by atoms with Crippen molar-refractivity contribution in [3.8, 4) is 0 Å². The Labute approximate surface area is 70.1 Å². The zero-order valence-corrected chi connectivity index (χ0v) is 6.64. The van der Waals surface area contributed by atoms with Gasteiger partial charge in [0.15, 0.2) is 0 Å². The number of ether oxygens (including phenoxy) is 1. The second-order valence-corrected chi connectivity index (χ2v) is 3.59. The van der Waals surface area contributed by atoms with E-state index < -0.39 is 6.10 Å². The number of aliphatic hydroxyl groups is 2. The van der Waals surface area contributed by atoms with Crippen LogP contribution in [0.4, 0.5) is 0 Å². The highest BCUT2D eigenvalue weighted by molar-refractivity contribution is 5.72. The van der Waals surface area contributed by atoms with E-state index >= 15 is 0 Å². The molecule has 2 N–H and O–H groups in total. The average Bonchev–Trinajstić information content (AvgIpc) is 2.51. The summed E-state index contributed by atoms with van der Waals surface area (Å²) in [6.45, 7) is -0.0221. The molecule has 2 aliphatic rings. The van der Waals surface area contributed by atoms with Gasteiger partial charge < -0.3 is 14.9 Å².